The average Bonchev–Trinajstić information content (AvgIpc) is 3.13. The van der Waals surface area contributed by atoms with Crippen LogP contribution in [-0.4, -0.2) is 0 Å². The molecule has 0 fully saturated rings. The van der Waals surface area contributed by atoms with Crippen LogP contribution in [0.4, 0.5) is 0 Å². The molecule has 3 aromatic carbocycles. The van der Waals surface area contributed by atoms with E-state index in [1.807, 2.05) is 0 Å². The van der Waals surface area contributed by atoms with E-state index in [0.717, 1.165) is 12.8 Å². The van der Waals surface area contributed by atoms with Crippen molar-refractivity contribution in [3.63, 3.8) is 0 Å². The molecule has 28 heavy (non-hydrogen) atoms. The van der Waals surface area contributed by atoms with Gasteiger partial charge in [0.2, 0.25) is 0 Å². The maximum atomic E-state index is 2.40. The first kappa shape index (κ1) is 19.3. The van der Waals surface area contributed by atoms with Gasteiger partial charge in [-0.1, -0.05) is 0 Å². The zero-order valence-electron chi connectivity index (χ0n) is 16.7. The molecule has 0 aliphatic heterocycles. The van der Waals surface area contributed by atoms with Gasteiger partial charge in [-0.15, -0.1) is 0 Å². The van der Waals surface area contributed by atoms with Crippen molar-refractivity contribution in [2.24, 2.45) is 0 Å². The molecule has 1 heteroatoms. The van der Waals surface area contributed by atoms with Crippen LogP contribution in [0.25, 0.3) is 0 Å². The van der Waals surface area contributed by atoms with Crippen molar-refractivity contribution >= 4 is 0 Å². The summed E-state index contributed by atoms with van der Waals surface area (Å²) in [5.41, 5.74) is 8.70. The molecule has 0 N–H and O–H groups in total. The quantitative estimate of drug-likeness (QED) is 0.389. The third kappa shape index (κ3) is 4.71. The summed E-state index contributed by atoms with van der Waals surface area (Å²) in [5.74, 6) is 0. The van der Waals surface area contributed by atoms with Gasteiger partial charge in [0.05, 0.1) is 0 Å². The van der Waals surface area contributed by atoms with Gasteiger partial charge in [-0.05, 0) is 0 Å². The number of hydrogen-bond donors (Lipinski definition) is 0. The van der Waals surface area contributed by atoms with Gasteiger partial charge in [0, 0.05) is 0 Å². The standard InChI is InChI=1S/C15H15.C12H11.Zr/c1-12-5-3-7-14(9-12)11-15-8-4-6-13(2)10-15;1-2-6-11(7-3-1)10-12-8-4-5-9-12;/h3-11H,1-2H3;1-4,6-8H,5,10H2;. The Labute approximate surface area is 180 Å². The Hall–Kier alpha value is -1.98. The van der Waals surface area contributed by atoms with Crippen molar-refractivity contribution in [2.45, 2.75) is 30.3 Å². The van der Waals surface area contributed by atoms with Gasteiger partial charge in [-0.2, -0.15) is 0 Å². The van der Waals surface area contributed by atoms with E-state index in [0.29, 0.717) is 3.63 Å². The summed E-state index contributed by atoms with van der Waals surface area (Å²) < 4.78 is 2.32. The predicted octanol–water partition coefficient (Wildman–Crippen LogP) is 6.93. The van der Waals surface area contributed by atoms with E-state index in [9.17, 15) is 0 Å². The number of hydrogen-bond acceptors (Lipinski definition) is 0. The molecule has 0 radical (unpaired) electrons. The van der Waals surface area contributed by atoms with E-state index in [-0.39, 0.29) is 0 Å². The summed E-state index contributed by atoms with van der Waals surface area (Å²) in [6.45, 7) is 4.41. The zero-order valence-corrected chi connectivity index (χ0v) is 19.1. The average molecular weight is 442 g/mol. The first-order chi connectivity index (χ1) is 13.7. The molecule has 0 unspecified atom stereocenters. The molecule has 138 valence electrons. The molecule has 1 aliphatic rings. The molecule has 3 aromatic rings. The number of aryl methyl sites for hydroxylation is 2. The van der Waals surface area contributed by atoms with E-state index >= 15 is 0 Å². The van der Waals surface area contributed by atoms with Gasteiger partial charge in [0.25, 0.3) is 0 Å². The van der Waals surface area contributed by atoms with E-state index in [2.05, 4.69) is 105 Å². The molecule has 0 amide bonds. The predicted molar refractivity (Wildman–Crippen MR) is 115 cm³/mol. The SMILES string of the molecule is Cc1cccc([CH]([Zr][C]2=C(Cc3ccccc3)C=CC2)c2cccc(C)c2)c1. The fourth-order valence-corrected chi connectivity index (χ4v) is 7.93. The third-order valence-electron chi connectivity index (χ3n) is 5.34. The Bertz CT molecular complexity index is 966. The molecule has 4 rings (SSSR count). The van der Waals surface area contributed by atoms with Crippen molar-refractivity contribution in [2.75, 3.05) is 0 Å². The van der Waals surface area contributed by atoms with Crippen LogP contribution in [0, 0.1) is 13.8 Å². The van der Waals surface area contributed by atoms with Gasteiger partial charge >= 0.3 is 181 Å². The van der Waals surface area contributed by atoms with Gasteiger partial charge in [0.1, 0.15) is 0 Å². The zero-order chi connectivity index (χ0) is 19.3. The summed E-state index contributed by atoms with van der Waals surface area (Å²) in [5, 5.41) is 0. The van der Waals surface area contributed by atoms with E-state index < -0.39 is 23.2 Å². The molecular formula is C27H26Zr. The van der Waals surface area contributed by atoms with Crippen molar-refractivity contribution in [1.82, 2.24) is 0 Å². The Kier molecular flexibility index (Phi) is 6.23. The van der Waals surface area contributed by atoms with Crippen LogP contribution in [0.2, 0.25) is 0 Å². The number of allylic oxidation sites excluding steroid dienone is 4. The molecule has 0 nitrogen and oxygen atoms in total. The van der Waals surface area contributed by atoms with Gasteiger partial charge < -0.3 is 0 Å². The second-order valence-corrected chi connectivity index (χ2v) is 11.3. The van der Waals surface area contributed by atoms with Crippen LogP contribution >= 0.6 is 0 Å². The molecule has 0 aromatic heterocycles. The Morgan fingerprint density at radius 1 is 0.786 bits per heavy atom. The van der Waals surface area contributed by atoms with Gasteiger partial charge in [-0.25, -0.2) is 0 Å². The van der Waals surface area contributed by atoms with Crippen LogP contribution in [0.3, 0.4) is 0 Å². The minimum absolute atomic E-state index is 0.573. The fraction of sp³-hybridized carbons (Fsp3) is 0.185. The van der Waals surface area contributed by atoms with E-state index in [1.54, 1.807) is 8.85 Å². The first-order valence-electron chi connectivity index (χ1n) is 10.0. The molecule has 0 bridgehead atoms. The molecule has 0 atom stereocenters. The third-order valence-corrected chi connectivity index (χ3v) is 9.83. The Morgan fingerprint density at radius 2 is 1.43 bits per heavy atom. The summed E-state index contributed by atoms with van der Waals surface area (Å²) in [6.07, 6.45) is 6.98. The van der Waals surface area contributed by atoms with E-state index in [4.69, 9.17) is 0 Å². The van der Waals surface area contributed by atoms with Crippen LogP contribution in [0.15, 0.2) is 99.9 Å². The second-order valence-electron chi connectivity index (χ2n) is 7.68. The molecule has 0 saturated carbocycles. The molecule has 0 saturated heterocycles. The van der Waals surface area contributed by atoms with Gasteiger partial charge in [-0.3, -0.25) is 0 Å². The molecular weight excluding hydrogens is 416 g/mol. The summed E-state index contributed by atoms with van der Waals surface area (Å²) in [6, 6.07) is 29.2. The monoisotopic (exact) mass is 440 g/mol. The number of rotatable bonds is 6. The molecule has 1 aliphatic carbocycles. The normalized spacial score (nSPS) is 13.4. The topological polar surface area (TPSA) is 0 Å². The van der Waals surface area contributed by atoms with E-state index in [1.165, 1.54) is 27.8 Å². The summed E-state index contributed by atoms with van der Waals surface area (Å²) in [4.78, 5) is 0. The fourth-order valence-electron chi connectivity index (χ4n) is 3.92. The molecule has 0 heterocycles. The van der Waals surface area contributed by atoms with Crippen LogP contribution < -0.4 is 0 Å². The van der Waals surface area contributed by atoms with Crippen molar-refractivity contribution in [3.8, 4) is 0 Å². The number of benzene rings is 3. The van der Waals surface area contributed by atoms with Crippen LogP contribution in [0.1, 0.15) is 37.9 Å². The summed E-state index contributed by atoms with van der Waals surface area (Å²) in [7, 11) is 0. The van der Waals surface area contributed by atoms with Gasteiger partial charge in [0.15, 0.2) is 0 Å². The first-order valence-corrected chi connectivity index (χ1v) is 12.7. The van der Waals surface area contributed by atoms with Crippen molar-refractivity contribution in [3.05, 3.63) is 128 Å². The summed E-state index contributed by atoms with van der Waals surface area (Å²) >= 11 is -0.822. The molecule has 0 spiro atoms. The van der Waals surface area contributed by atoms with Crippen molar-refractivity contribution in [1.29, 1.82) is 0 Å². The Balaban J connectivity index is 1.68. The minimum atomic E-state index is -0.822. The van der Waals surface area contributed by atoms with Crippen LogP contribution in [-0.2, 0) is 29.7 Å². The maximum absolute atomic E-state index is 2.40. The Morgan fingerprint density at radius 3 is 2.04 bits per heavy atom. The van der Waals surface area contributed by atoms with Crippen LogP contribution in [0.5, 0.6) is 0 Å². The van der Waals surface area contributed by atoms with Crippen molar-refractivity contribution < 1.29 is 23.2 Å². The second kappa shape index (κ2) is 9.02.